The summed E-state index contributed by atoms with van der Waals surface area (Å²) in [6, 6.07) is 18.7. The van der Waals surface area contributed by atoms with E-state index in [1.807, 2.05) is 0 Å². The molecule has 1 unspecified atom stereocenters. The smallest absolute Gasteiger partial charge is 0.315 e. The molecule has 5 rings (SSSR count). The van der Waals surface area contributed by atoms with Crippen molar-refractivity contribution in [2.45, 2.75) is 32.0 Å². The predicted octanol–water partition coefficient (Wildman–Crippen LogP) is 5.50. The second kappa shape index (κ2) is 9.81. The van der Waals surface area contributed by atoms with Crippen molar-refractivity contribution in [3.05, 3.63) is 115 Å². The fraction of sp³-hybridized carbons (Fsp3) is 0.222. The van der Waals surface area contributed by atoms with Gasteiger partial charge in [0, 0.05) is 22.3 Å². The van der Waals surface area contributed by atoms with E-state index >= 15 is 0 Å². The first-order valence-corrected chi connectivity index (χ1v) is 12.6. The summed E-state index contributed by atoms with van der Waals surface area (Å²) in [4.78, 5) is 43.3. The molecule has 0 bridgehead atoms. The first-order chi connectivity index (χ1) is 18.1. The zero-order chi connectivity index (χ0) is 27.2. The van der Waals surface area contributed by atoms with E-state index in [0.29, 0.717) is 21.3 Å². The molecule has 0 saturated carbocycles. The number of halogens is 3. The van der Waals surface area contributed by atoms with Crippen molar-refractivity contribution in [2.24, 2.45) is 0 Å². The van der Waals surface area contributed by atoms with Crippen molar-refractivity contribution < 1.29 is 13.7 Å². The van der Waals surface area contributed by atoms with Gasteiger partial charge in [0.25, 0.3) is 0 Å². The van der Waals surface area contributed by atoms with E-state index < -0.39 is 29.2 Å². The van der Waals surface area contributed by atoms with Crippen molar-refractivity contribution >= 4 is 34.9 Å². The summed E-state index contributed by atoms with van der Waals surface area (Å²) in [6.07, 6.45) is -0.838. The number of rotatable bonds is 6. The fourth-order valence-electron chi connectivity index (χ4n) is 4.85. The fourth-order valence-corrected chi connectivity index (χ4v) is 5.22. The molecule has 8 nitrogen and oxygen atoms in total. The van der Waals surface area contributed by atoms with Crippen molar-refractivity contribution in [1.82, 2.24) is 14.2 Å². The maximum absolute atomic E-state index is 14.3. The minimum Gasteiger partial charge on any atom is -0.315 e. The lowest BCUT2D eigenvalue weighted by molar-refractivity contribution is 0.0974. The Labute approximate surface area is 227 Å². The Morgan fingerprint density at radius 2 is 1.53 bits per heavy atom. The summed E-state index contributed by atoms with van der Waals surface area (Å²) in [5.41, 5.74) is -0.789. The Kier molecular flexibility index (Phi) is 6.66. The molecule has 1 aromatic heterocycles. The van der Waals surface area contributed by atoms with Crippen LogP contribution in [0.5, 0.6) is 0 Å². The van der Waals surface area contributed by atoms with E-state index in [0.717, 1.165) is 9.31 Å². The van der Waals surface area contributed by atoms with Gasteiger partial charge in [-0.3, -0.25) is 4.90 Å². The van der Waals surface area contributed by atoms with E-state index in [1.165, 1.54) is 21.9 Å². The van der Waals surface area contributed by atoms with Gasteiger partial charge < -0.3 is 9.42 Å². The van der Waals surface area contributed by atoms with Crippen molar-refractivity contribution in [1.29, 1.82) is 0 Å². The van der Waals surface area contributed by atoms with E-state index in [-0.39, 0.29) is 24.5 Å². The first kappa shape index (κ1) is 25.8. The third-order valence-electron chi connectivity index (χ3n) is 6.69. The van der Waals surface area contributed by atoms with Crippen molar-refractivity contribution in [3.63, 3.8) is 0 Å². The molecule has 0 N–H and O–H groups in total. The van der Waals surface area contributed by atoms with Crippen molar-refractivity contribution in [2.75, 3.05) is 11.4 Å². The van der Waals surface area contributed by atoms with Gasteiger partial charge in [-0.2, -0.15) is 4.57 Å². The number of hydrogen-bond acceptors (Lipinski definition) is 4. The Hall–Kier alpha value is -3.82. The van der Waals surface area contributed by atoms with Crippen LogP contribution in [0.3, 0.4) is 0 Å². The van der Waals surface area contributed by atoms with Crippen LogP contribution in [0.2, 0.25) is 10.0 Å². The largest absolute Gasteiger partial charge is 0.447 e. The van der Waals surface area contributed by atoms with E-state index in [2.05, 4.69) is 0 Å². The SMILES string of the molecule is CC1(C)C(n2oc(=O)n(-c3cccc(Cl)c3)c2=O)N(c2cccc(Cl)c2)C(=O)N1CCc1ccccc1F. The first-order valence-electron chi connectivity index (χ1n) is 11.8. The van der Waals surface area contributed by atoms with Crippen molar-refractivity contribution in [3.8, 4) is 5.69 Å². The number of urea groups is 1. The minimum absolute atomic E-state index is 0.147. The van der Waals surface area contributed by atoms with Crippen LogP contribution in [0.4, 0.5) is 14.9 Å². The number of carbonyl (C=O) groups is 1. The van der Waals surface area contributed by atoms with Gasteiger partial charge in [0.1, 0.15) is 5.82 Å². The maximum Gasteiger partial charge on any atom is 0.447 e. The van der Waals surface area contributed by atoms with Crippen LogP contribution in [0.1, 0.15) is 25.6 Å². The number of anilines is 1. The summed E-state index contributed by atoms with van der Waals surface area (Å²) in [7, 11) is 0. The lowest BCUT2D eigenvalue weighted by atomic mass is 9.99. The van der Waals surface area contributed by atoms with Gasteiger partial charge in [-0.1, -0.05) is 53.5 Å². The highest BCUT2D eigenvalue weighted by molar-refractivity contribution is 6.31. The molecule has 1 aliphatic heterocycles. The van der Waals surface area contributed by atoms with E-state index in [4.69, 9.17) is 27.7 Å². The number of benzene rings is 3. The molecule has 38 heavy (non-hydrogen) atoms. The monoisotopic (exact) mass is 556 g/mol. The molecule has 196 valence electrons. The van der Waals surface area contributed by atoms with Crippen LogP contribution in [-0.4, -0.2) is 32.3 Å². The van der Waals surface area contributed by atoms with Crippen LogP contribution in [0, 0.1) is 5.82 Å². The number of nitrogens with zero attached hydrogens (tertiary/aromatic N) is 4. The highest BCUT2D eigenvalue weighted by Crippen LogP contribution is 2.42. The summed E-state index contributed by atoms with van der Waals surface area (Å²) in [5.74, 6) is -1.31. The third-order valence-corrected chi connectivity index (χ3v) is 7.16. The van der Waals surface area contributed by atoms with Gasteiger partial charge in [-0.15, -0.1) is 4.74 Å². The molecule has 2 amide bonds. The molecule has 2 heterocycles. The lowest BCUT2D eigenvalue weighted by Gasteiger charge is -2.34. The quantitative estimate of drug-likeness (QED) is 0.314. The number of hydrogen-bond donors (Lipinski definition) is 0. The van der Waals surface area contributed by atoms with Crippen LogP contribution in [-0.2, 0) is 6.42 Å². The molecule has 0 spiro atoms. The minimum atomic E-state index is -1.08. The van der Waals surface area contributed by atoms with Gasteiger partial charge in [0.15, 0.2) is 6.17 Å². The predicted molar refractivity (Wildman–Crippen MR) is 143 cm³/mol. The summed E-state index contributed by atoms with van der Waals surface area (Å²) >= 11 is 12.3. The Morgan fingerprint density at radius 3 is 2.18 bits per heavy atom. The number of aromatic nitrogens is 2. The van der Waals surface area contributed by atoms with Crippen LogP contribution >= 0.6 is 23.2 Å². The van der Waals surface area contributed by atoms with Gasteiger partial charge in [0.05, 0.1) is 11.2 Å². The normalized spacial score (nSPS) is 16.9. The van der Waals surface area contributed by atoms with Crippen LogP contribution < -0.4 is 16.3 Å². The Morgan fingerprint density at radius 1 is 0.895 bits per heavy atom. The van der Waals surface area contributed by atoms with E-state index in [1.54, 1.807) is 74.5 Å². The highest BCUT2D eigenvalue weighted by atomic mass is 35.5. The molecule has 1 aliphatic rings. The molecule has 11 heteroatoms. The summed E-state index contributed by atoms with van der Waals surface area (Å²) in [5, 5.41) is 0.708. The van der Waals surface area contributed by atoms with Gasteiger partial charge in [-0.05, 0) is 68.3 Å². The second-order valence-electron chi connectivity index (χ2n) is 9.43. The van der Waals surface area contributed by atoms with E-state index in [9.17, 15) is 18.8 Å². The zero-order valence-corrected chi connectivity index (χ0v) is 22.0. The van der Waals surface area contributed by atoms with Gasteiger partial charge in [-0.25, -0.2) is 18.8 Å². The maximum atomic E-state index is 14.3. The molecule has 1 atom stereocenters. The Balaban J connectivity index is 1.63. The molecule has 3 aromatic carbocycles. The van der Waals surface area contributed by atoms with Gasteiger partial charge in [0.2, 0.25) is 0 Å². The summed E-state index contributed by atoms with van der Waals surface area (Å²) < 4.78 is 21.6. The second-order valence-corrected chi connectivity index (χ2v) is 10.3. The number of carbonyl (C=O) groups excluding carboxylic acids is 1. The molecular weight excluding hydrogens is 534 g/mol. The molecule has 4 aromatic rings. The van der Waals surface area contributed by atoms with Crippen LogP contribution in [0.25, 0.3) is 5.69 Å². The highest BCUT2D eigenvalue weighted by Gasteiger charge is 2.55. The topological polar surface area (TPSA) is 80.7 Å². The molecule has 1 saturated heterocycles. The van der Waals surface area contributed by atoms with Gasteiger partial charge >= 0.3 is 17.5 Å². The zero-order valence-electron chi connectivity index (χ0n) is 20.5. The average Bonchev–Trinajstić information content (AvgIpc) is 3.26. The number of amides is 2. The molecular formula is C27H23Cl2FN4O4. The lowest BCUT2D eigenvalue weighted by Crippen LogP contribution is -2.47. The summed E-state index contributed by atoms with van der Waals surface area (Å²) in [6.45, 7) is 3.66. The van der Waals surface area contributed by atoms with Crippen LogP contribution in [0.15, 0.2) is 86.9 Å². The third kappa shape index (κ3) is 4.41. The average molecular weight is 557 g/mol. The molecule has 0 radical (unpaired) electrons. The Bertz CT molecular complexity index is 1640. The standard InChI is InChI=1S/C27H23Cl2FN4O4/c1-27(2)23(34-25(36)33(26(37)38-34)21-11-6-9-19(29)16-21)32(20-10-5-8-18(28)15-20)24(35)31(27)14-13-17-7-3-4-12-22(17)30/h3-12,15-16,23H,13-14H2,1-2H3. The molecule has 0 aliphatic carbocycles. The molecule has 1 fully saturated rings.